The zero-order valence-corrected chi connectivity index (χ0v) is 16.0. The van der Waals surface area contributed by atoms with Crippen molar-refractivity contribution in [3.63, 3.8) is 0 Å². The van der Waals surface area contributed by atoms with Crippen molar-refractivity contribution in [2.24, 2.45) is 10.1 Å². The number of carbonyl (C=O) groups excluding carboxylic acids is 1. The van der Waals surface area contributed by atoms with Crippen LogP contribution in [0, 0.1) is 0 Å². The van der Waals surface area contributed by atoms with Gasteiger partial charge in [0.2, 0.25) is 0 Å². The van der Waals surface area contributed by atoms with Gasteiger partial charge in [-0.1, -0.05) is 30.3 Å². The van der Waals surface area contributed by atoms with Crippen LogP contribution in [-0.4, -0.2) is 29.4 Å². The molecule has 1 N–H and O–H groups in total. The van der Waals surface area contributed by atoms with Crippen molar-refractivity contribution in [1.29, 1.82) is 0 Å². The van der Waals surface area contributed by atoms with Crippen LogP contribution in [0.3, 0.4) is 0 Å². The number of hydrogen-bond donors (Lipinski definition) is 1. The fourth-order valence-electron chi connectivity index (χ4n) is 2.91. The lowest BCUT2D eigenvalue weighted by molar-refractivity contribution is -0.129. The third kappa shape index (κ3) is 3.63. The van der Waals surface area contributed by atoms with E-state index in [9.17, 15) is 14.7 Å². The summed E-state index contributed by atoms with van der Waals surface area (Å²) in [7, 11) is 0. The van der Waals surface area contributed by atoms with Crippen LogP contribution in [0.4, 0.5) is 11.4 Å². The molecule has 3 aromatic rings. The molecule has 4 rings (SSSR count). The number of aliphatic carboxylic acids is 1. The van der Waals surface area contributed by atoms with Crippen molar-refractivity contribution >= 4 is 53.1 Å². The summed E-state index contributed by atoms with van der Waals surface area (Å²) in [4.78, 5) is 30.1. The van der Waals surface area contributed by atoms with Gasteiger partial charge in [-0.25, -0.2) is 4.79 Å². The Labute approximate surface area is 170 Å². The van der Waals surface area contributed by atoms with Gasteiger partial charge in [0, 0.05) is 9.75 Å². The van der Waals surface area contributed by atoms with E-state index in [-0.39, 0.29) is 11.3 Å². The summed E-state index contributed by atoms with van der Waals surface area (Å²) in [5, 5.41) is 14.7. The van der Waals surface area contributed by atoms with Crippen LogP contribution in [0.2, 0.25) is 0 Å². The quantitative estimate of drug-likeness (QED) is 0.500. The summed E-state index contributed by atoms with van der Waals surface area (Å²) in [6.07, 6.45) is 1.58. The monoisotopic (exact) mass is 401 g/mol. The molecule has 7 heteroatoms. The largest absolute Gasteiger partial charge is 0.476 e. The topological polar surface area (TPSA) is 82.3 Å². The third-order valence-corrected chi connectivity index (χ3v) is 5.41. The lowest BCUT2D eigenvalue weighted by atomic mass is 10.1. The molecule has 2 heterocycles. The lowest BCUT2D eigenvalue weighted by Gasteiger charge is -2.10. The molecule has 0 saturated carbocycles. The summed E-state index contributed by atoms with van der Waals surface area (Å²) in [5.74, 6) is -1.71. The molecular weight excluding hydrogens is 386 g/mol. The lowest BCUT2D eigenvalue weighted by Crippen LogP contribution is -2.22. The highest BCUT2D eigenvalue weighted by Gasteiger charge is 2.35. The predicted octanol–water partition coefficient (Wildman–Crippen LogP) is 4.62. The number of hydrogen-bond acceptors (Lipinski definition) is 5. The van der Waals surface area contributed by atoms with E-state index in [1.807, 2.05) is 42.5 Å². The molecule has 142 valence electrons. The Morgan fingerprint density at radius 1 is 1.07 bits per heavy atom. The molecule has 2 aromatic carbocycles. The number of amides is 1. The number of rotatable bonds is 5. The minimum absolute atomic E-state index is 0.0564. The van der Waals surface area contributed by atoms with E-state index in [0.29, 0.717) is 5.69 Å². The van der Waals surface area contributed by atoms with Gasteiger partial charge < -0.3 is 5.11 Å². The second-order valence-corrected chi connectivity index (χ2v) is 7.29. The molecule has 0 fully saturated rings. The van der Waals surface area contributed by atoms with Crippen molar-refractivity contribution in [3.05, 3.63) is 77.2 Å². The molecule has 0 unspecified atom stereocenters. The van der Waals surface area contributed by atoms with E-state index in [0.717, 1.165) is 26.0 Å². The average molecular weight is 401 g/mol. The summed E-state index contributed by atoms with van der Waals surface area (Å²) >= 11 is 1.46. The van der Waals surface area contributed by atoms with E-state index < -0.39 is 11.9 Å². The van der Waals surface area contributed by atoms with Crippen molar-refractivity contribution < 1.29 is 14.7 Å². The number of carbonyl (C=O) groups is 2. The number of anilines is 1. The Hall–Kier alpha value is -3.84. The molecule has 1 amide bonds. The molecule has 6 nitrogen and oxygen atoms in total. The van der Waals surface area contributed by atoms with Crippen LogP contribution < -0.4 is 5.01 Å². The standard InChI is InChI=1S/C22H15N3O3S/c1-23-15-9-7-14(8-10-15)19-12-11-17(29-19)13-18-20(22(27)28)24-25(21(18)26)16-5-3-2-4-6-16/h2-13H,1H2,(H,27,28)/b18-13-. The third-order valence-electron chi connectivity index (χ3n) is 4.33. The Morgan fingerprint density at radius 3 is 2.45 bits per heavy atom. The van der Waals surface area contributed by atoms with Gasteiger partial charge in [-0.15, -0.1) is 11.3 Å². The van der Waals surface area contributed by atoms with Crippen molar-refractivity contribution in [2.75, 3.05) is 5.01 Å². The van der Waals surface area contributed by atoms with Crippen LogP contribution in [0.1, 0.15) is 4.88 Å². The molecule has 0 saturated heterocycles. The first-order valence-electron chi connectivity index (χ1n) is 8.67. The Bertz CT molecular complexity index is 1160. The number of thiophene rings is 1. The number of hydrazone groups is 1. The first-order chi connectivity index (χ1) is 14.1. The molecule has 0 spiro atoms. The van der Waals surface area contributed by atoms with E-state index in [1.165, 1.54) is 11.3 Å². The molecule has 0 atom stereocenters. The van der Waals surface area contributed by atoms with E-state index in [4.69, 9.17) is 0 Å². The number of carboxylic acids is 1. The van der Waals surface area contributed by atoms with Gasteiger partial charge in [-0.3, -0.25) is 9.79 Å². The highest BCUT2D eigenvalue weighted by atomic mass is 32.1. The van der Waals surface area contributed by atoms with Gasteiger partial charge in [0.15, 0.2) is 5.71 Å². The molecule has 0 radical (unpaired) electrons. The van der Waals surface area contributed by atoms with Gasteiger partial charge in [0.25, 0.3) is 5.91 Å². The second-order valence-electron chi connectivity index (χ2n) is 6.17. The van der Waals surface area contributed by atoms with Gasteiger partial charge in [0.1, 0.15) is 0 Å². The van der Waals surface area contributed by atoms with Crippen molar-refractivity contribution in [3.8, 4) is 10.4 Å². The molecule has 1 aliphatic rings. The minimum Gasteiger partial charge on any atom is -0.476 e. The maximum absolute atomic E-state index is 12.8. The average Bonchev–Trinajstić information content (AvgIpc) is 3.34. The van der Waals surface area contributed by atoms with Crippen molar-refractivity contribution in [1.82, 2.24) is 0 Å². The Balaban J connectivity index is 1.67. The van der Waals surface area contributed by atoms with Crippen LogP contribution in [0.5, 0.6) is 0 Å². The maximum Gasteiger partial charge on any atom is 0.357 e. The SMILES string of the molecule is C=Nc1ccc(-c2ccc(/C=C3\C(=O)N(c4ccccc4)N=C3C(=O)O)s2)cc1. The summed E-state index contributed by atoms with van der Waals surface area (Å²) in [6.45, 7) is 3.50. The predicted molar refractivity (Wildman–Crippen MR) is 116 cm³/mol. The van der Waals surface area contributed by atoms with E-state index in [1.54, 1.807) is 30.3 Å². The number of aliphatic imine (C=N–C) groups is 1. The van der Waals surface area contributed by atoms with Gasteiger partial charge in [-0.05, 0) is 54.8 Å². The van der Waals surface area contributed by atoms with Crippen LogP contribution in [0.15, 0.2) is 82.4 Å². The zero-order valence-electron chi connectivity index (χ0n) is 15.1. The smallest absolute Gasteiger partial charge is 0.357 e. The number of carboxylic acid groups (broad SMARTS) is 1. The minimum atomic E-state index is -1.24. The zero-order chi connectivity index (χ0) is 20.4. The van der Waals surface area contributed by atoms with E-state index >= 15 is 0 Å². The highest BCUT2D eigenvalue weighted by Crippen LogP contribution is 2.32. The first kappa shape index (κ1) is 18.5. The maximum atomic E-state index is 12.8. The van der Waals surface area contributed by atoms with Gasteiger partial charge in [0.05, 0.1) is 16.9 Å². The molecule has 0 aliphatic carbocycles. The molecular formula is C22H15N3O3S. The molecule has 29 heavy (non-hydrogen) atoms. The van der Waals surface area contributed by atoms with Crippen molar-refractivity contribution in [2.45, 2.75) is 0 Å². The van der Waals surface area contributed by atoms with Gasteiger partial charge in [-0.2, -0.15) is 10.1 Å². The number of nitrogens with zero attached hydrogens (tertiary/aromatic N) is 3. The molecule has 1 aliphatic heterocycles. The number of benzene rings is 2. The summed E-state index contributed by atoms with van der Waals surface area (Å²) < 4.78 is 0. The van der Waals surface area contributed by atoms with Gasteiger partial charge >= 0.3 is 5.97 Å². The molecule has 1 aromatic heterocycles. The van der Waals surface area contributed by atoms with Crippen LogP contribution in [-0.2, 0) is 9.59 Å². The Morgan fingerprint density at radius 2 is 1.79 bits per heavy atom. The summed E-state index contributed by atoms with van der Waals surface area (Å²) in [6, 6.07) is 20.1. The summed E-state index contributed by atoms with van der Waals surface area (Å²) in [5.41, 5.74) is 2.09. The highest BCUT2D eigenvalue weighted by molar-refractivity contribution is 7.16. The number of para-hydroxylation sites is 1. The fraction of sp³-hybridized carbons (Fsp3) is 0. The first-order valence-corrected chi connectivity index (χ1v) is 9.49. The van der Waals surface area contributed by atoms with Crippen LogP contribution in [0.25, 0.3) is 16.5 Å². The second kappa shape index (κ2) is 7.65. The molecule has 0 bridgehead atoms. The van der Waals surface area contributed by atoms with Crippen LogP contribution >= 0.6 is 11.3 Å². The van der Waals surface area contributed by atoms with E-state index in [2.05, 4.69) is 16.8 Å². The normalized spacial score (nSPS) is 14.9. The fourth-order valence-corrected chi connectivity index (χ4v) is 3.86. The Kier molecular flexibility index (Phi) is 4.88.